The summed E-state index contributed by atoms with van der Waals surface area (Å²) in [6.07, 6.45) is 1.51. The van der Waals surface area contributed by atoms with Gasteiger partial charge < -0.3 is 20.6 Å². The third-order valence-corrected chi connectivity index (χ3v) is 4.44. The molecule has 0 aromatic heterocycles. The Labute approximate surface area is 159 Å². The molecular formula is C18H15BrN2O3S. The summed E-state index contributed by atoms with van der Waals surface area (Å²) < 4.78 is 0.310. The second kappa shape index (κ2) is 8.01. The van der Waals surface area contributed by atoms with Gasteiger partial charge in [-0.25, -0.2) is 0 Å². The molecule has 0 saturated heterocycles. The predicted octanol–water partition coefficient (Wildman–Crippen LogP) is 3.90. The number of phenols is 3. The van der Waals surface area contributed by atoms with Crippen LogP contribution in [0.25, 0.3) is 6.08 Å². The van der Waals surface area contributed by atoms with Crippen LogP contribution in [0, 0.1) is 18.3 Å². The number of aromatic hydroxyl groups is 3. The van der Waals surface area contributed by atoms with Crippen molar-refractivity contribution >= 4 is 39.2 Å². The van der Waals surface area contributed by atoms with Gasteiger partial charge in [-0.05, 0) is 63.8 Å². The topological polar surface area (TPSA) is 96.5 Å². The van der Waals surface area contributed by atoms with Crippen LogP contribution in [0.5, 0.6) is 17.2 Å². The van der Waals surface area contributed by atoms with E-state index in [1.165, 1.54) is 12.1 Å². The van der Waals surface area contributed by atoms with E-state index >= 15 is 0 Å². The summed E-state index contributed by atoms with van der Waals surface area (Å²) in [4.78, 5) is 0.242. The smallest absolute Gasteiger partial charge is 0.171 e. The van der Waals surface area contributed by atoms with E-state index in [0.717, 1.165) is 11.1 Å². The molecule has 128 valence electrons. The zero-order chi connectivity index (χ0) is 18.6. The number of nitrogens with zero attached hydrogens (tertiary/aromatic N) is 1. The minimum absolute atomic E-state index is 0.200. The molecule has 0 aliphatic rings. The molecule has 0 fully saturated rings. The van der Waals surface area contributed by atoms with E-state index in [2.05, 4.69) is 21.2 Å². The number of phenolic OH excluding ortho intramolecular Hbond substituents is 3. The highest BCUT2D eigenvalue weighted by Gasteiger charge is 2.09. The Morgan fingerprint density at radius 2 is 1.96 bits per heavy atom. The van der Waals surface area contributed by atoms with Crippen molar-refractivity contribution in [1.29, 1.82) is 5.26 Å². The third kappa shape index (κ3) is 4.72. The van der Waals surface area contributed by atoms with Crippen molar-refractivity contribution < 1.29 is 15.3 Å². The Balaban J connectivity index is 2.15. The van der Waals surface area contributed by atoms with Gasteiger partial charge in [0, 0.05) is 6.54 Å². The van der Waals surface area contributed by atoms with Crippen LogP contribution >= 0.6 is 28.1 Å². The van der Waals surface area contributed by atoms with Gasteiger partial charge in [0.25, 0.3) is 0 Å². The Kier molecular flexibility index (Phi) is 6.02. The fourth-order valence-electron chi connectivity index (χ4n) is 2.05. The van der Waals surface area contributed by atoms with Crippen LogP contribution in [0.2, 0.25) is 0 Å². The van der Waals surface area contributed by atoms with Crippen molar-refractivity contribution in [2.45, 2.75) is 13.5 Å². The lowest BCUT2D eigenvalue weighted by Gasteiger charge is -2.09. The molecule has 2 rings (SSSR count). The number of hydrogen-bond acceptors (Lipinski definition) is 5. The molecule has 0 saturated carbocycles. The van der Waals surface area contributed by atoms with E-state index in [-0.39, 0.29) is 27.8 Å². The van der Waals surface area contributed by atoms with Gasteiger partial charge in [-0.2, -0.15) is 5.26 Å². The molecule has 0 atom stereocenters. The maximum atomic E-state index is 9.72. The van der Waals surface area contributed by atoms with Crippen LogP contribution in [0.3, 0.4) is 0 Å². The van der Waals surface area contributed by atoms with E-state index in [4.69, 9.17) is 12.2 Å². The summed E-state index contributed by atoms with van der Waals surface area (Å²) in [5, 5.41) is 41.2. The van der Waals surface area contributed by atoms with Gasteiger partial charge in [-0.3, -0.25) is 0 Å². The van der Waals surface area contributed by atoms with Crippen molar-refractivity contribution in [2.24, 2.45) is 0 Å². The van der Waals surface area contributed by atoms with E-state index in [9.17, 15) is 20.6 Å². The van der Waals surface area contributed by atoms with E-state index in [1.807, 2.05) is 12.1 Å². The molecule has 0 bridgehead atoms. The lowest BCUT2D eigenvalue weighted by molar-refractivity contribution is 0.401. The maximum Gasteiger partial charge on any atom is 0.171 e. The van der Waals surface area contributed by atoms with Crippen LogP contribution < -0.4 is 5.32 Å². The molecule has 0 unspecified atom stereocenters. The SMILES string of the molecule is Cc1ccc(CNC(=S)/C(C#N)=C/c2cc(O)c(O)c(Br)c2)cc1O. The van der Waals surface area contributed by atoms with Gasteiger partial charge in [0.1, 0.15) is 16.8 Å². The van der Waals surface area contributed by atoms with Crippen molar-refractivity contribution in [3.05, 3.63) is 57.1 Å². The van der Waals surface area contributed by atoms with E-state index < -0.39 is 0 Å². The first-order chi connectivity index (χ1) is 11.8. The average Bonchev–Trinajstić information content (AvgIpc) is 2.58. The van der Waals surface area contributed by atoms with Gasteiger partial charge in [0.15, 0.2) is 11.5 Å². The standard InChI is InChI=1S/C18H15BrN2O3S/c1-10-2-3-11(6-15(10)22)9-21-18(25)13(8-20)4-12-5-14(19)17(24)16(23)7-12/h2-7,22-24H,9H2,1H3,(H,21,25)/b13-4+. The summed E-state index contributed by atoms with van der Waals surface area (Å²) in [5.41, 5.74) is 2.33. The molecule has 25 heavy (non-hydrogen) atoms. The monoisotopic (exact) mass is 418 g/mol. The number of nitrogens with one attached hydrogen (secondary N) is 1. The van der Waals surface area contributed by atoms with Crippen LogP contribution in [0.15, 0.2) is 40.4 Å². The van der Waals surface area contributed by atoms with Crippen LogP contribution in [-0.2, 0) is 6.54 Å². The second-order valence-corrected chi connectivity index (χ2v) is 6.61. The molecule has 0 aliphatic heterocycles. The van der Waals surface area contributed by atoms with E-state index in [1.54, 1.807) is 25.1 Å². The summed E-state index contributed by atoms with van der Waals surface area (Å²) in [7, 11) is 0. The quantitative estimate of drug-likeness (QED) is 0.260. The minimum Gasteiger partial charge on any atom is -0.508 e. The first-order valence-electron chi connectivity index (χ1n) is 7.21. The van der Waals surface area contributed by atoms with Gasteiger partial charge in [0.2, 0.25) is 0 Å². The van der Waals surface area contributed by atoms with Gasteiger partial charge >= 0.3 is 0 Å². The number of thiocarbonyl (C=S) groups is 1. The first kappa shape index (κ1) is 18.8. The van der Waals surface area contributed by atoms with Gasteiger partial charge in [0.05, 0.1) is 10.0 Å². The first-order valence-corrected chi connectivity index (χ1v) is 8.42. The molecule has 0 amide bonds. The Bertz CT molecular complexity index is 881. The van der Waals surface area contributed by atoms with Crippen molar-refractivity contribution in [3.8, 4) is 23.3 Å². The molecule has 5 nitrogen and oxygen atoms in total. The van der Waals surface area contributed by atoms with Gasteiger partial charge in [-0.15, -0.1) is 0 Å². The molecule has 2 aromatic rings. The molecule has 0 heterocycles. The third-order valence-electron chi connectivity index (χ3n) is 3.47. The lowest BCUT2D eigenvalue weighted by atomic mass is 10.1. The fraction of sp³-hybridized carbons (Fsp3) is 0.111. The average molecular weight is 419 g/mol. The minimum atomic E-state index is -0.299. The lowest BCUT2D eigenvalue weighted by Crippen LogP contribution is -2.22. The predicted molar refractivity (Wildman–Crippen MR) is 103 cm³/mol. The Morgan fingerprint density at radius 3 is 2.56 bits per heavy atom. The number of halogens is 1. The van der Waals surface area contributed by atoms with E-state index in [0.29, 0.717) is 16.6 Å². The normalized spacial score (nSPS) is 11.0. The molecule has 0 radical (unpaired) electrons. The van der Waals surface area contributed by atoms with Crippen molar-refractivity contribution in [1.82, 2.24) is 5.32 Å². The zero-order valence-corrected chi connectivity index (χ0v) is 15.6. The van der Waals surface area contributed by atoms with Crippen LogP contribution in [0.4, 0.5) is 0 Å². The largest absolute Gasteiger partial charge is 0.508 e. The van der Waals surface area contributed by atoms with Gasteiger partial charge in [-0.1, -0.05) is 24.4 Å². The number of aryl methyl sites for hydroxylation is 1. The second-order valence-electron chi connectivity index (χ2n) is 5.34. The molecule has 7 heteroatoms. The zero-order valence-electron chi connectivity index (χ0n) is 13.2. The fourth-order valence-corrected chi connectivity index (χ4v) is 2.69. The Hall–Kier alpha value is -2.56. The maximum absolute atomic E-state index is 9.72. The molecule has 0 spiro atoms. The van der Waals surface area contributed by atoms with Crippen molar-refractivity contribution in [2.75, 3.05) is 0 Å². The molecule has 4 N–H and O–H groups in total. The number of nitriles is 1. The molecule has 0 aliphatic carbocycles. The highest BCUT2D eigenvalue weighted by atomic mass is 79.9. The Morgan fingerprint density at radius 1 is 1.24 bits per heavy atom. The summed E-state index contributed by atoms with van der Waals surface area (Å²) in [5.74, 6) is -0.367. The summed E-state index contributed by atoms with van der Waals surface area (Å²) >= 11 is 8.36. The van der Waals surface area contributed by atoms with Crippen LogP contribution in [0.1, 0.15) is 16.7 Å². The number of benzene rings is 2. The summed E-state index contributed by atoms with van der Waals surface area (Å²) in [6, 6.07) is 10.2. The van der Waals surface area contributed by atoms with Crippen molar-refractivity contribution in [3.63, 3.8) is 0 Å². The molecular weight excluding hydrogens is 404 g/mol. The highest BCUT2D eigenvalue weighted by molar-refractivity contribution is 9.10. The highest BCUT2D eigenvalue weighted by Crippen LogP contribution is 2.34. The number of hydrogen-bond donors (Lipinski definition) is 4. The summed E-state index contributed by atoms with van der Waals surface area (Å²) in [6.45, 7) is 2.16. The number of rotatable bonds is 4. The van der Waals surface area contributed by atoms with Crippen LogP contribution in [-0.4, -0.2) is 20.3 Å². The molecule has 2 aromatic carbocycles.